The number of carbonyl (C=O) groups excluding carboxylic acids is 1. The van der Waals surface area contributed by atoms with E-state index in [4.69, 9.17) is 4.42 Å². The van der Waals surface area contributed by atoms with Gasteiger partial charge in [-0.3, -0.25) is 9.59 Å². The standard InChI is InChI=1S/C12H11F3O3/c1-11(2)4-7(17)10-6(16)3-9(12(13,14)15)18-8(10)5-11/h3H,4-5H2,1-2H3. The second kappa shape index (κ2) is 3.70. The highest BCUT2D eigenvalue weighted by Gasteiger charge is 2.39. The third-order valence-electron chi connectivity index (χ3n) is 2.86. The summed E-state index contributed by atoms with van der Waals surface area (Å²) < 4.78 is 42.2. The van der Waals surface area contributed by atoms with Crippen LogP contribution in [0.4, 0.5) is 13.2 Å². The monoisotopic (exact) mass is 260 g/mol. The van der Waals surface area contributed by atoms with E-state index in [-0.39, 0.29) is 24.2 Å². The van der Waals surface area contributed by atoms with Crippen LogP contribution >= 0.6 is 0 Å². The molecule has 1 aliphatic carbocycles. The maximum absolute atomic E-state index is 12.5. The van der Waals surface area contributed by atoms with Gasteiger partial charge in [-0.25, -0.2) is 0 Å². The number of hydrogen-bond donors (Lipinski definition) is 0. The van der Waals surface area contributed by atoms with E-state index in [1.54, 1.807) is 13.8 Å². The number of carbonyl (C=O) groups is 1. The highest BCUT2D eigenvalue weighted by molar-refractivity contribution is 5.98. The van der Waals surface area contributed by atoms with E-state index >= 15 is 0 Å². The molecular formula is C12H11F3O3. The fourth-order valence-electron chi connectivity index (χ4n) is 2.12. The summed E-state index contributed by atoms with van der Waals surface area (Å²) in [5.74, 6) is -1.96. The van der Waals surface area contributed by atoms with Crippen molar-refractivity contribution in [1.82, 2.24) is 0 Å². The van der Waals surface area contributed by atoms with Crippen molar-refractivity contribution in [1.29, 1.82) is 0 Å². The number of alkyl halides is 3. The van der Waals surface area contributed by atoms with Crippen LogP contribution in [0.3, 0.4) is 0 Å². The van der Waals surface area contributed by atoms with Gasteiger partial charge in [0.1, 0.15) is 11.3 Å². The first-order chi connectivity index (χ1) is 8.10. The van der Waals surface area contributed by atoms with Crippen LogP contribution in [0.2, 0.25) is 0 Å². The molecule has 0 unspecified atom stereocenters. The minimum atomic E-state index is -4.72. The molecule has 0 fully saturated rings. The molecule has 1 heterocycles. The van der Waals surface area contributed by atoms with Crippen LogP contribution in [0.5, 0.6) is 0 Å². The summed E-state index contributed by atoms with van der Waals surface area (Å²) >= 11 is 0. The molecule has 1 aromatic heterocycles. The molecule has 0 spiro atoms. The molecule has 0 aliphatic heterocycles. The van der Waals surface area contributed by atoms with Gasteiger partial charge in [0, 0.05) is 18.9 Å². The predicted octanol–water partition coefficient (Wildman–Crippen LogP) is 2.81. The van der Waals surface area contributed by atoms with Gasteiger partial charge in [-0.2, -0.15) is 13.2 Å². The second-order valence-corrected chi connectivity index (χ2v) is 5.21. The maximum atomic E-state index is 12.5. The fourth-order valence-corrected chi connectivity index (χ4v) is 2.12. The molecule has 0 aromatic carbocycles. The molecule has 0 saturated carbocycles. The first-order valence-corrected chi connectivity index (χ1v) is 5.38. The first-order valence-electron chi connectivity index (χ1n) is 5.38. The van der Waals surface area contributed by atoms with Gasteiger partial charge in [0.25, 0.3) is 0 Å². The smallest absolute Gasteiger partial charge is 0.449 e. The number of hydrogen-bond acceptors (Lipinski definition) is 3. The van der Waals surface area contributed by atoms with Crippen molar-refractivity contribution in [2.24, 2.45) is 5.41 Å². The Morgan fingerprint density at radius 1 is 1.22 bits per heavy atom. The minimum Gasteiger partial charge on any atom is -0.455 e. The zero-order valence-corrected chi connectivity index (χ0v) is 9.85. The van der Waals surface area contributed by atoms with E-state index < -0.39 is 28.6 Å². The van der Waals surface area contributed by atoms with E-state index in [1.807, 2.05) is 0 Å². The van der Waals surface area contributed by atoms with E-state index in [0.29, 0.717) is 6.07 Å². The van der Waals surface area contributed by atoms with Crippen LogP contribution in [0.15, 0.2) is 15.3 Å². The Labute approximate surface area is 101 Å². The molecule has 0 atom stereocenters. The fraction of sp³-hybridized carbons (Fsp3) is 0.500. The Morgan fingerprint density at radius 2 is 1.83 bits per heavy atom. The summed E-state index contributed by atoms with van der Waals surface area (Å²) in [5, 5.41) is 0. The topological polar surface area (TPSA) is 47.3 Å². The van der Waals surface area contributed by atoms with Crippen LogP contribution in [-0.4, -0.2) is 5.78 Å². The third kappa shape index (κ3) is 2.19. The van der Waals surface area contributed by atoms with Crippen molar-refractivity contribution >= 4 is 5.78 Å². The molecular weight excluding hydrogens is 249 g/mol. The van der Waals surface area contributed by atoms with E-state index in [2.05, 4.69) is 0 Å². The van der Waals surface area contributed by atoms with Crippen molar-refractivity contribution in [3.63, 3.8) is 0 Å². The van der Waals surface area contributed by atoms with Crippen molar-refractivity contribution in [3.05, 3.63) is 33.4 Å². The Bertz CT molecular complexity index is 567. The van der Waals surface area contributed by atoms with Crippen LogP contribution in [0.25, 0.3) is 0 Å². The zero-order chi connectivity index (χ0) is 13.7. The van der Waals surface area contributed by atoms with E-state index in [1.165, 1.54) is 0 Å². The Morgan fingerprint density at radius 3 is 2.39 bits per heavy atom. The third-order valence-corrected chi connectivity index (χ3v) is 2.86. The summed E-state index contributed by atoms with van der Waals surface area (Å²) in [4.78, 5) is 23.3. The summed E-state index contributed by atoms with van der Waals surface area (Å²) in [7, 11) is 0. The average molecular weight is 260 g/mol. The lowest BCUT2D eigenvalue weighted by Crippen LogP contribution is -2.32. The van der Waals surface area contributed by atoms with Crippen molar-refractivity contribution in [2.45, 2.75) is 32.9 Å². The molecule has 0 bridgehead atoms. The van der Waals surface area contributed by atoms with Crippen LogP contribution in [0.1, 0.15) is 42.1 Å². The number of fused-ring (bicyclic) bond motifs is 1. The van der Waals surface area contributed by atoms with Crippen LogP contribution in [0, 0.1) is 5.41 Å². The van der Waals surface area contributed by atoms with E-state index in [0.717, 1.165) is 0 Å². The number of ketones is 1. The molecule has 0 N–H and O–H groups in total. The molecule has 18 heavy (non-hydrogen) atoms. The van der Waals surface area contributed by atoms with Gasteiger partial charge < -0.3 is 4.42 Å². The quantitative estimate of drug-likeness (QED) is 0.720. The molecule has 1 aliphatic rings. The number of halogens is 3. The average Bonchev–Trinajstić information content (AvgIpc) is 2.11. The Hall–Kier alpha value is -1.59. The molecule has 3 nitrogen and oxygen atoms in total. The van der Waals surface area contributed by atoms with E-state index in [9.17, 15) is 22.8 Å². The van der Waals surface area contributed by atoms with Gasteiger partial charge in [-0.05, 0) is 5.41 Å². The van der Waals surface area contributed by atoms with Gasteiger partial charge in [-0.1, -0.05) is 13.8 Å². The predicted molar refractivity (Wildman–Crippen MR) is 56.4 cm³/mol. The summed E-state index contributed by atoms with van der Waals surface area (Å²) in [6.07, 6.45) is -4.44. The normalized spacial score (nSPS) is 18.6. The lowest BCUT2D eigenvalue weighted by Gasteiger charge is -2.28. The number of Topliss-reactive ketones (excluding diaryl/α,β-unsaturated/α-hetero) is 1. The van der Waals surface area contributed by atoms with Crippen molar-refractivity contribution in [3.8, 4) is 0 Å². The highest BCUT2D eigenvalue weighted by Crippen LogP contribution is 2.36. The summed E-state index contributed by atoms with van der Waals surface area (Å²) in [5.41, 5.74) is -1.64. The maximum Gasteiger partial charge on any atom is 0.449 e. The van der Waals surface area contributed by atoms with Crippen molar-refractivity contribution in [2.75, 3.05) is 0 Å². The Kier molecular flexibility index (Phi) is 2.64. The molecule has 98 valence electrons. The van der Waals surface area contributed by atoms with Crippen molar-refractivity contribution < 1.29 is 22.4 Å². The number of rotatable bonds is 0. The van der Waals surface area contributed by atoms with Gasteiger partial charge in [0.15, 0.2) is 11.2 Å². The molecule has 6 heteroatoms. The van der Waals surface area contributed by atoms with Gasteiger partial charge in [-0.15, -0.1) is 0 Å². The SMILES string of the molecule is CC1(C)CC(=O)c2c(oc(C(F)(F)F)cc2=O)C1. The molecule has 2 rings (SSSR count). The largest absolute Gasteiger partial charge is 0.455 e. The molecule has 0 saturated heterocycles. The van der Waals surface area contributed by atoms with Crippen LogP contribution < -0.4 is 5.43 Å². The Balaban J connectivity index is 2.64. The minimum absolute atomic E-state index is 0.135. The summed E-state index contributed by atoms with van der Waals surface area (Å²) in [6, 6.07) is 0.342. The molecule has 0 radical (unpaired) electrons. The molecule has 0 amide bonds. The molecule has 1 aromatic rings. The lowest BCUT2D eigenvalue weighted by atomic mass is 9.76. The second-order valence-electron chi connectivity index (χ2n) is 5.21. The first kappa shape index (κ1) is 12.9. The van der Waals surface area contributed by atoms with Gasteiger partial charge in [0.05, 0.1) is 0 Å². The lowest BCUT2D eigenvalue weighted by molar-refractivity contribution is -0.154. The van der Waals surface area contributed by atoms with Crippen LogP contribution in [-0.2, 0) is 12.6 Å². The van der Waals surface area contributed by atoms with Gasteiger partial charge in [0.2, 0.25) is 5.76 Å². The van der Waals surface area contributed by atoms with Gasteiger partial charge >= 0.3 is 6.18 Å². The highest BCUT2D eigenvalue weighted by atomic mass is 19.4. The zero-order valence-electron chi connectivity index (χ0n) is 9.85. The summed E-state index contributed by atoms with van der Waals surface area (Å²) in [6.45, 7) is 3.49.